The first-order chi connectivity index (χ1) is 6.61. The Labute approximate surface area is 85.3 Å². The lowest BCUT2D eigenvalue weighted by atomic mass is 9.71. The number of rotatable bonds is 2. The minimum absolute atomic E-state index is 0.0839. The first-order valence-corrected chi connectivity index (χ1v) is 5.38. The molecule has 1 aliphatic carbocycles. The number of hydrogen-bond donors (Lipinski definition) is 1. The Hall–Kier alpha value is -0.830. The van der Waals surface area contributed by atoms with Gasteiger partial charge in [0.25, 0.3) is 0 Å². The number of nitrogens with two attached hydrogens (primary N) is 1. The molecule has 1 aliphatic rings. The maximum atomic E-state index is 5.89. The second-order valence-electron chi connectivity index (χ2n) is 4.65. The average Bonchev–Trinajstić information content (AvgIpc) is 2.61. The van der Waals surface area contributed by atoms with E-state index >= 15 is 0 Å². The van der Waals surface area contributed by atoms with Crippen LogP contribution in [0.4, 0.5) is 0 Å². The molecule has 4 atom stereocenters. The van der Waals surface area contributed by atoms with Gasteiger partial charge >= 0.3 is 0 Å². The summed E-state index contributed by atoms with van der Waals surface area (Å²) in [6.45, 7) is 6.63. The van der Waals surface area contributed by atoms with E-state index in [0.29, 0.717) is 6.04 Å². The Bertz CT molecular complexity index is 316. The minimum Gasteiger partial charge on any atom is -0.330 e. The molecule has 1 aromatic heterocycles. The Balaban J connectivity index is 2.21. The summed E-state index contributed by atoms with van der Waals surface area (Å²) in [5.74, 6) is 1.59. The Morgan fingerprint density at radius 3 is 2.79 bits per heavy atom. The summed E-state index contributed by atoms with van der Waals surface area (Å²) in [7, 11) is 0. The average molecular weight is 193 g/mol. The molecule has 0 radical (unpaired) electrons. The van der Waals surface area contributed by atoms with Crippen molar-refractivity contribution in [3.63, 3.8) is 0 Å². The van der Waals surface area contributed by atoms with Gasteiger partial charge in [0.2, 0.25) is 0 Å². The molecule has 0 saturated heterocycles. The zero-order valence-electron chi connectivity index (χ0n) is 9.14. The minimum atomic E-state index is 0.0839. The largest absolute Gasteiger partial charge is 0.330 e. The van der Waals surface area contributed by atoms with Crippen LogP contribution < -0.4 is 5.73 Å². The predicted molar refractivity (Wildman–Crippen MR) is 56.8 cm³/mol. The van der Waals surface area contributed by atoms with Crippen molar-refractivity contribution in [1.82, 2.24) is 9.55 Å². The summed E-state index contributed by atoms with van der Waals surface area (Å²) >= 11 is 0. The van der Waals surface area contributed by atoms with Crippen molar-refractivity contribution in [2.24, 2.45) is 17.6 Å². The van der Waals surface area contributed by atoms with Crippen LogP contribution in [0.1, 0.15) is 45.0 Å². The molecule has 14 heavy (non-hydrogen) atoms. The van der Waals surface area contributed by atoms with Crippen LogP contribution >= 0.6 is 0 Å². The first kappa shape index (κ1) is 9.71. The van der Waals surface area contributed by atoms with E-state index in [2.05, 4.69) is 23.4 Å². The molecule has 1 aromatic rings. The second-order valence-corrected chi connectivity index (χ2v) is 4.65. The summed E-state index contributed by atoms with van der Waals surface area (Å²) < 4.78 is 2.26. The van der Waals surface area contributed by atoms with E-state index in [0.717, 1.165) is 17.5 Å². The second kappa shape index (κ2) is 3.39. The molecule has 3 nitrogen and oxygen atoms in total. The van der Waals surface area contributed by atoms with Gasteiger partial charge in [0.1, 0.15) is 0 Å². The standard InChI is InChI=1S/C11H19N3/c1-7-4-10(8(7)2)14-6-13-5-11(14)9(3)12/h5-10H,4,12H2,1-3H3/t7?,8?,9-,10?/m1/s1. The molecule has 2 rings (SSSR count). The molecule has 0 bridgehead atoms. The maximum absolute atomic E-state index is 5.89. The van der Waals surface area contributed by atoms with Crippen LogP contribution in [0, 0.1) is 11.8 Å². The molecule has 0 aromatic carbocycles. The van der Waals surface area contributed by atoms with E-state index in [4.69, 9.17) is 5.73 Å². The summed E-state index contributed by atoms with van der Waals surface area (Å²) in [6.07, 6.45) is 5.07. The van der Waals surface area contributed by atoms with Crippen LogP contribution in [0.3, 0.4) is 0 Å². The first-order valence-electron chi connectivity index (χ1n) is 5.38. The molecule has 2 N–H and O–H groups in total. The van der Waals surface area contributed by atoms with Crippen LogP contribution in [-0.4, -0.2) is 9.55 Å². The van der Waals surface area contributed by atoms with E-state index in [1.54, 1.807) is 0 Å². The van der Waals surface area contributed by atoms with Gasteiger partial charge in [-0.25, -0.2) is 4.98 Å². The number of imidazole rings is 1. The van der Waals surface area contributed by atoms with E-state index in [1.165, 1.54) is 6.42 Å². The molecular weight excluding hydrogens is 174 g/mol. The van der Waals surface area contributed by atoms with Crippen LogP contribution in [-0.2, 0) is 0 Å². The zero-order valence-corrected chi connectivity index (χ0v) is 9.14. The molecule has 3 unspecified atom stereocenters. The molecule has 0 amide bonds. The van der Waals surface area contributed by atoms with Crippen molar-refractivity contribution in [3.05, 3.63) is 18.2 Å². The van der Waals surface area contributed by atoms with Crippen molar-refractivity contribution in [3.8, 4) is 0 Å². The molecular formula is C11H19N3. The maximum Gasteiger partial charge on any atom is 0.0951 e. The van der Waals surface area contributed by atoms with Gasteiger partial charge < -0.3 is 10.3 Å². The zero-order chi connectivity index (χ0) is 10.3. The molecule has 3 heteroatoms. The van der Waals surface area contributed by atoms with E-state index < -0.39 is 0 Å². The predicted octanol–water partition coefficient (Wildman–Crippen LogP) is 2.12. The van der Waals surface area contributed by atoms with Crippen molar-refractivity contribution < 1.29 is 0 Å². The van der Waals surface area contributed by atoms with Crippen molar-refractivity contribution in [2.75, 3.05) is 0 Å². The number of hydrogen-bond acceptors (Lipinski definition) is 2. The Morgan fingerprint density at radius 2 is 2.29 bits per heavy atom. The SMILES string of the molecule is CC1CC(n2cncc2[C@@H](C)N)C1C. The lowest BCUT2D eigenvalue weighted by Gasteiger charge is -2.42. The molecule has 0 spiro atoms. The highest BCUT2D eigenvalue weighted by Crippen LogP contribution is 2.44. The fourth-order valence-electron chi connectivity index (χ4n) is 2.31. The monoisotopic (exact) mass is 193 g/mol. The molecule has 0 aliphatic heterocycles. The van der Waals surface area contributed by atoms with E-state index in [9.17, 15) is 0 Å². The number of nitrogens with zero attached hydrogens (tertiary/aromatic N) is 2. The topological polar surface area (TPSA) is 43.8 Å². The van der Waals surface area contributed by atoms with Gasteiger partial charge in [-0.2, -0.15) is 0 Å². The summed E-state index contributed by atoms with van der Waals surface area (Å²) in [5.41, 5.74) is 7.06. The van der Waals surface area contributed by atoms with Crippen molar-refractivity contribution >= 4 is 0 Å². The van der Waals surface area contributed by atoms with Gasteiger partial charge in [-0.1, -0.05) is 13.8 Å². The quantitative estimate of drug-likeness (QED) is 0.781. The van der Waals surface area contributed by atoms with Gasteiger partial charge in [-0.05, 0) is 25.2 Å². The molecule has 1 fully saturated rings. The van der Waals surface area contributed by atoms with E-state index in [-0.39, 0.29) is 6.04 Å². The third-order valence-corrected chi connectivity index (χ3v) is 3.64. The summed E-state index contributed by atoms with van der Waals surface area (Å²) in [6, 6.07) is 0.703. The summed E-state index contributed by atoms with van der Waals surface area (Å²) in [4.78, 5) is 4.19. The molecule has 1 heterocycles. The summed E-state index contributed by atoms with van der Waals surface area (Å²) in [5, 5.41) is 0. The Kier molecular flexibility index (Phi) is 2.35. The third kappa shape index (κ3) is 1.36. The van der Waals surface area contributed by atoms with Gasteiger partial charge in [-0.3, -0.25) is 0 Å². The highest BCUT2D eigenvalue weighted by atomic mass is 15.1. The number of aromatic nitrogens is 2. The fraction of sp³-hybridized carbons (Fsp3) is 0.727. The normalized spacial score (nSPS) is 33.9. The van der Waals surface area contributed by atoms with Crippen molar-refractivity contribution in [2.45, 2.75) is 39.3 Å². The lowest BCUT2D eigenvalue weighted by Crippen LogP contribution is -2.35. The van der Waals surface area contributed by atoms with Gasteiger partial charge in [0.05, 0.1) is 12.0 Å². The van der Waals surface area contributed by atoms with Gasteiger partial charge in [0, 0.05) is 18.3 Å². The van der Waals surface area contributed by atoms with Gasteiger partial charge in [-0.15, -0.1) is 0 Å². The highest BCUT2D eigenvalue weighted by molar-refractivity contribution is 5.07. The smallest absolute Gasteiger partial charge is 0.0951 e. The third-order valence-electron chi connectivity index (χ3n) is 3.64. The lowest BCUT2D eigenvalue weighted by molar-refractivity contribution is 0.108. The molecule has 1 saturated carbocycles. The highest BCUT2D eigenvalue weighted by Gasteiger charge is 2.36. The van der Waals surface area contributed by atoms with Crippen LogP contribution in [0.25, 0.3) is 0 Å². The van der Waals surface area contributed by atoms with E-state index in [1.807, 2.05) is 19.4 Å². The van der Waals surface area contributed by atoms with Crippen molar-refractivity contribution in [1.29, 1.82) is 0 Å². The van der Waals surface area contributed by atoms with Gasteiger partial charge in [0.15, 0.2) is 0 Å². The Morgan fingerprint density at radius 1 is 1.57 bits per heavy atom. The van der Waals surface area contributed by atoms with Crippen LogP contribution in [0.15, 0.2) is 12.5 Å². The molecule has 78 valence electrons. The fourth-order valence-corrected chi connectivity index (χ4v) is 2.31. The van der Waals surface area contributed by atoms with Crippen LogP contribution in [0.2, 0.25) is 0 Å². The van der Waals surface area contributed by atoms with Crippen LogP contribution in [0.5, 0.6) is 0 Å².